The first kappa shape index (κ1) is 10.2. The van der Waals surface area contributed by atoms with Crippen molar-refractivity contribution >= 4 is 22.6 Å². The fourth-order valence-electron chi connectivity index (χ4n) is 1.87. The molecule has 0 saturated heterocycles. The van der Waals surface area contributed by atoms with Gasteiger partial charge in [-0.05, 0) is 29.8 Å². The van der Waals surface area contributed by atoms with Gasteiger partial charge in [-0.2, -0.15) is 0 Å². The predicted octanol–water partition coefficient (Wildman–Crippen LogP) is 4.46. The molecule has 2 aromatic carbocycles. The summed E-state index contributed by atoms with van der Waals surface area (Å²) >= 11 is 5.86. The minimum atomic E-state index is 0.203. The summed E-state index contributed by atoms with van der Waals surface area (Å²) in [6.45, 7) is 0. The lowest BCUT2D eigenvalue weighted by Crippen LogP contribution is -1.74. The van der Waals surface area contributed by atoms with Crippen LogP contribution in [0.5, 0.6) is 5.75 Å². The van der Waals surface area contributed by atoms with E-state index in [-0.39, 0.29) is 5.75 Å². The Morgan fingerprint density at radius 2 is 1.76 bits per heavy atom. The lowest BCUT2D eigenvalue weighted by Gasteiger charge is -1.98. The average Bonchev–Trinajstić information content (AvgIpc) is 2.73. The van der Waals surface area contributed by atoms with E-state index in [1.54, 1.807) is 18.4 Å². The highest BCUT2D eigenvalue weighted by Gasteiger charge is 2.08. The number of phenolic OH excluding ortho intramolecular Hbond substituents is 1. The Labute approximate surface area is 103 Å². The van der Waals surface area contributed by atoms with Crippen molar-refractivity contribution in [3.05, 3.63) is 53.8 Å². The van der Waals surface area contributed by atoms with Crippen LogP contribution < -0.4 is 0 Å². The second kappa shape index (κ2) is 3.82. The van der Waals surface area contributed by atoms with Gasteiger partial charge in [-0.25, -0.2) is 0 Å². The molecule has 1 heterocycles. The first-order valence-corrected chi connectivity index (χ1v) is 5.58. The molecule has 2 nitrogen and oxygen atoms in total. The average molecular weight is 245 g/mol. The van der Waals surface area contributed by atoms with Gasteiger partial charge in [0.2, 0.25) is 0 Å². The van der Waals surface area contributed by atoms with E-state index in [0.717, 1.165) is 16.5 Å². The maximum Gasteiger partial charge on any atom is 0.138 e. The molecule has 84 valence electrons. The number of aromatic hydroxyl groups is 1. The van der Waals surface area contributed by atoms with E-state index in [1.165, 1.54) is 0 Å². The molecule has 0 saturated carbocycles. The molecule has 3 aromatic rings. The van der Waals surface area contributed by atoms with Crippen molar-refractivity contribution in [2.75, 3.05) is 0 Å². The van der Waals surface area contributed by atoms with E-state index in [9.17, 15) is 5.11 Å². The van der Waals surface area contributed by atoms with Gasteiger partial charge >= 0.3 is 0 Å². The Hall–Kier alpha value is -1.93. The number of phenols is 1. The van der Waals surface area contributed by atoms with Crippen LogP contribution >= 0.6 is 11.6 Å². The second-order valence-electron chi connectivity index (χ2n) is 3.84. The van der Waals surface area contributed by atoms with Crippen LogP contribution in [0.2, 0.25) is 5.02 Å². The molecule has 0 amide bonds. The number of hydrogen-bond donors (Lipinski definition) is 1. The largest absolute Gasteiger partial charge is 0.508 e. The van der Waals surface area contributed by atoms with Gasteiger partial charge in [-0.1, -0.05) is 23.7 Å². The standard InChI is InChI=1S/C14H9ClO2/c15-10-3-1-9(2-4-10)13-8-17-14-7-11(16)5-6-12(13)14/h1-8,16H. The Balaban J connectivity index is 2.21. The van der Waals surface area contributed by atoms with Gasteiger partial charge in [0, 0.05) is 22.0 Å². The van der Waals surface area contributed by atoms with E-state index >= 15 is 0 Å². The van der Waals surface area contributed by atoms with Crippen LogP contribution in [0.15, 0.2) is 53.1 Å². The quantitative estimate of drug-likeness (QED) is 0.686. The molecule has 1 aromatic heterocycles. The van der Waals surface area contributed by atoms with Crippen molar-refractivity contribution in [3.63, 3.8) is 0 Å². The predicted molar refractivity (Wildman–Crippen MR) is 68.3 cm³/mol. The van der Waals surface area contributed by atoms with Gasteiger partial charge < -0.3 is 9.52 Å². The molecule has 0 unspecified atom stereocenters. The molecule has 0 aliphatic carbocycles. The highest BCUT2D eigenvalue weighted by atomic mass is 35.5. The Morgan fingerprint density at radius 1 is 1.00 bits per heavy atom. The molecule has 0 radical (unpaired) electrons. The zero-order valence-electron chi connectivity index (χ0n) is 8.85. The SMILES string of the molecule is Oc1ccc2c(-c3ccc(Cl)cc3)coc2c1. The molecular formula is C14H9ClO2. The van der Waals surface area contributed by atoms with Crippen molar-refractivity contribution in [2.45, 2.75) is 0 Å². The van der Waals surface area contributed by atoms with Crippen molar-refractivity contribution < 1.29 is 9.52 Å². The van der Waals surface area contributed by atoms with Crippen molar-refractivity contribution in [1.29, 1.82) is 0 Å². The summed E-state index contributed by atoms with van der Waals surface area (Å²) in [7, 11) is 0. The zero-order valence-corrected chi connectivity index (χ0v) is 9.61. The van der Waals surface area contributed by atoms with Crippen LogP contribution in [0.4, 0.5) is 0 Å². The van der Waals surface area contributed by atoms with Crippen LogP contribution in [0.3, 0.4) is 0 Å². The normalized spacial score (nSPS) is 10.9. The highest BCUT2D eigenvalue weighted by molar-refractivity contribution is 6.30. The van der Waals surface area contributed by atoms with Crippen LogP contribution in [-0.4, -0.2) is 5.11 Å². The van der Waals surface area contributed by atoms with Crippen molar-refractivity contribution in [2.24, 2.45) is 0 Å². The fourth-order valence-corrected chi connectivity index (χ4v) is 2.00. The van der Waals surface area contributed by atoms with E-state index < -0.39 is 0 Å². The number of hydrogen-bond acceptors (Lipinski definition) is 2. The molecule has 0 atom stereocenters. The Morgan fingerprint density at radius 3 is 2.53 bits per heavy atom. The molecule has 0 aliphatic heterocycles. The third-order valence-corrected chi connectivity index (χ3v) is 2.97. The summed E-state index contributed by atoms with van der Waals surface area (Å²) in [5.74, 6) is 0.203. The van der Waals surface area contributed by atoms with Crippen molar-refractivity contribution in [1.82, 2.24) is 0 Å². The first-order valence-electron chi connectivity index (χ1n) is 5.20. The second-order valence-corrected chi connectivity index (χ2v) is 4.27. The molecule has 3 rings (SSSR count). The molecule has 0 spiro atoms. The highest BCUT2D eigenvalue weighted by Crippen LogP contribution is 2.32. The van der Waals surface area contributed by atoms with Crippen LogP contribution in [-0.2, 0) is 0 Å². The van der Waals surface area contributed by atoms with Crippen LogP contribution in [0.1, 0.15) is 0 Å². The summed E-state index contributed by atoms with van der Waals surface area (Å²) in [6, 6.07) is 12.7. The van der Waals surface area contributed by atoms with Gasteiger partial charge in [-0.15, -0.1) is 0 Å². The van der Waals surface area contributed by atoms with Gasteiger partial charge in [0.15, 0.2) is 0 Å². The Bertz CT molecular complexity index is 668. The number of halogens is 1. The molecule has 0 fully saturated rings. The number of furan rings is 1. The third kappa shape index (κ3) is 1.77. The molecule has 1 N–H and O–H groups in total. The lowest BCUT2D eigenvalue weighted by atomic mass is 10.1. The van der Waals surface area contributed by atoms with Crippen molar-refractivity contribution in [3.8, 4) is 16.9 Å². The molecular weight excluding hydrogens is 236 g/mol. The van der Waals surface area contributed by atoms with E-state index in [4.69, 9.17) is 16.0 Å². The molecule has 17 heavy (non-hydrogen) atoms. The van der Waals surface area contributed by atoms with Crippen LogP contribution in [0, 0.1) is 0 Å². The summed E-state index contributed by atoms with van der Waals surface area (Å²) < 4.78 is 5.42. The minimum absolute atomic E-state index is 0.203. The fraction of sp³-hybridized carbons (Fsp3) is 0. The summed E-state index contributed by atoms with van der Waals surface area (Å²) in [5.41, 5.74) is 2.71. The maximum absolute atomic E-state index is 9.37. The van der Waals surface area contributed by atoms with E-state index in [0.29, 0.717) is 10.6 Å². The van der Waals surface area contributed by atoms with Gasteiger partial charge in [0.25, 0.3) is 0 Å². The zero-order chi connectivity index (χ0) is 11.8. The smallest absolute Gasteiger partial charge is 0.138 e. The van der Waals surface area contributed by atoms with Gasteiger partial charge in [-0.3, -0.25) is 0 Å². The number of fused-ring (bicyclic) bond motifs is 1. The first-order chi connectivity index (χ1) is 8.24. The third-order valence-electron chi connectivity index (χ3n) is 2.71. The van der Waals surface area contributed by atoms with E-state index in [2.05, 4.69) is 0 Å². The molecule has 0 aliphatic rings. The molecule has 0 bridgehead atoms. The summed E-state index contributed by atoms with van der Waals surface area (Å²) in [4.78, 5) is 0. The van der Waals surface area contributed by atoms with Crippen LogP contribution in [0.25, 0.3) is 22.1 Å². The lowest BCUT2D eigenvalue weighted by molar-refractivity contribution is 0.474. The minimum Gasteiger partial charge on any atom is -0.508 e. The maximum atomic E-state index is 9.37. The number of rotatable bonds is 1. The van der Waals surface area contributed by atoms with Gasteiger partial charge in [0.1, 0.15) is 11.3 Å². The molecule has 3 heteroatoms. The summed E-state index contributed by atoms with van der Waals surface area (Å²) in [5, 5.41) is 11.1. The Kier molecular flexibility index (Phi) is 2.30. The van der Waals surface area contributed by atoms with E-state index in [1.807, 2.05) is 30.3 Å². The number of benzene rings is 2. The van der Waals surface area contributed by atoms with Gasteiger partial charge in [0.05, 0.1) is 6.26 Å². The summed E-state index contributed by atoms with van der Waals surface area (Å²) in [6.07, 6.45) is 1.69. The monoisotopic (exact) mass is 244 g/mol. The topological polar surface area (TPSA) is 33.4 Å².